The summed E-state index contributed by atoms with van der Waals surface area (Å²) in [7, 11) is 1.48. The van der Waals surface area contributed by atoms with Crippen LogP contribution in [0.15, 0.2) is 30.6 Å². The van der Waals surface area contributed by atoms with Crippen LogP contribution in [-0.4, -0.2) is 42.9 Å². The highest BCUT2D eigenvalue weighted by atomic mass is 16.5. The third-order valence-corrected chi connectivity index (χ3v) is 4.61. The van der Waals surface area contributed by atoms with Gasteiger partial charge in [-0.1, -0.05) is 0 Å². The first kappa shape index (κ1) is 17.5. The highest BCUT2D eigenvalue weighted by molar-refractivity contribution is 5.95. The predicted octanol–water partition coefficient (Wildman–Crippen LogP) is 2.71. The molecule has 0 amide bonds. The summed E-state index contributed by atoms with van der Waals surface area (Å²) in [5.41, 5.74) is 2.79. The average molecular weight is 377 g/mol. The largest absolute Gasteiger partial charge is 0.496 e. The molecule has 4 rings (SSSR count). The van der Waals surface area contributed by atoms with Gasteiger partial charge in [0.1, 0.15) is 23.7 Å². The molecule has 0 saturated carbocycles. The van der Waals surface area contributed by atoms with Crippen molar-refractivity contribution in [1.29, 1.82) is 5.26 Å². The summed E-state index contributed by atoms with van der Waals surface area (Å²) in [5.74, 6) is 0.621. The van der Waals surface area contributed by atoms with Crippen molar-refractivity contribution in [1.82, 2.24) is 19.5 Å². The standard InChI is InChI=1S/C19H15N5O4/c1-9-5-13(28-2)14(11-3-4-24(15(9)11)19(26)27)16(25)18-22-12-6-10(7-20)8-21-17(12)23-18/h3-6,8,16,25H,1-2H3,(H,26,27)(H,21,22,23). The quantitative estimate of drug-likeness (QED) is 0.499. The van der Waals surface area contributed by atoms with Crippen molar-refractivity contribution in [3.05, 3.63) is 53.1 Å². The Hall–Kier alpha value is -3.90. The van der Waals surface area contributed by atoms with E-state index in [2.05, 4.69) is 15.0 Å². The van der Waals surface area contributed by atoms with Crippen molar-refractivity contribution < 1.29 is 19.7 Å². The van der Waals surface area contributed by atoms with Crippen LogP contribution in [0.4, 0.5) is 4.79 Å². The van der Waals surface area contributed by atoms with Gasteiger partial charge in [-0.3, -0.25) is 4.57 Å². The summed E-state index contributed by atoms with van der Waals surface area (Å²) in [4.78, 5) is 22.9. The zero-order chi connectivity index (χ0) is 20.0. The lowest BCUT2D eigenvalue weighted by molar-refractivity contribution is 0.197. The molecule has 0 bridgehead atoms. The van der Waals surface area contributed by atoms with Crippen LogP contribution in [0.1, 0.15) is 28.6 Å². The number of nitrogens with zero attached hydrogens (tertiary/aromatic N) is 4. The van der Waals surface area contributed by atoms with Crippen LogP contribution < -0.4 is 4.74 Å². The van der Waals surface area contributed by atoms with Gasteiger partial charge in [-0.25, -0.2) is 14.8 Å². The minimum Gasteiger partial charge on any atom is -0.496 e. The molecule has 0 spiro atoms. The van der Waals surface area contributed by atoms with Gasteiger partial charge in [0.15, 0.2) is 5.65 Å². The maximum atomic E-state index is 11.5. The van der Waals surface area contributed by atoms with Gasteiger partial charge in [-0.15, -0.1) is 0 Å². The Morgan fingerprint density at radius 2 is 2.21 bits per heavy atom. The van der Waals surface area contributed by atoms with Gasteiger partial charge in [0, 0.05) is 23.3 Å². The molecule has 0 aliphatic rings. The lowest BCUT2D eigenvalue weighted by Crippen LogP contribution is -2.09. The molecule has 4 aromatic rings. The van der Waals surface area contributed by atoms with E-state index in [1.807, 2.05) is 6.07 Å². The summed E-state index contributed by atoms with van der Waals surface area (Å²) in [6.07, 6.45) is 0.481. The number of carboxylic acid groups (broad SMARTS) is 1. The summed E-state index contributed by atoms with van der Waals surface area (Å²) < 4.78 is 6.54. The highest BCUT2D eigenvalue weighted by Crippen LogP contribution is 2.38. The Kier molecular flexibility index (Phi) is 3.98. The molecule has 1 aromatic carbocycles. The number of fused-ring (bicyclic) bond motifs is 2. The van der Waals surface area contributed by atoms with Crippen molar-refractivity contribution in [3.63, 3.8) is 0 Å². The molecule has 0 radical (unpaired) electrons. The van der Waals surface area contributed by atoms with Crippen LogP contribution in [0.3, 0.4) is 0 Å². The van der Waals surface area contributed by atoms with Crippen LogP contribution in [0.25, 0.3) is 22.1 Å². The molecule has 1 unspecified atom stereocenters. The van der Waals surface area contributed by atoms with Gasteiger partial charge in [0.25, 0.3) is 0 Å². The molecule has 1 atom stereocenters. The second-order valence-electron chi connectivity index (χ2n) is 6.27. The van der Waals surface area contributed by atoms with E-state index in [-0.39, 0.29) is 5.82 Å². The lowest BCUT2D eigenvalue weighted by Gasteiger charge is -2.16. The maximum absolute atomic E-state index is 11.5. The number of hydrogen-bond donors (Lipinski definition) is 3. The number of hydrogen-bond acceptors (Lipinski definition) is 6. The van der Waals surface area contributed by atoms with E-state index in [4.69, 9.17) is 10.00 Å². The number of nitrogens with one attached hydrogen (secondary N) is 1. The van der Waals surface area contributed by atoms with Crippen molar-refractivity contribution in [2.45, 2.75) is 13.0 Å². The number of aliphatic hydroxyl groups is 1. The number of aromatic amines is 1. The Morgan fingerprint density at radius 1 is 1.43 bits per heavy atom. The number of pyridine rings is 1. The molecule has 9 heteroatoms. The van der Waals surface area contributed by atoms with Crippen molar-refractivity contribution in [2.75, 3.05) is 7.11 Å². The molecule has 140 valence electrons. The number of benzene rings is 1. The van der Waals surface area contributed by atoms with Crippen LogP contribution in [0, 0.1) is 18.3 Å². The molecule has 3 N–H and O–H groups in total. The molecule has 0 fully saturated rings. The number of aryl methyl sites for hydroxylation is 1. The second kappa shape index (κ2) is 6.37. The molecular weight excluding hydrogens is 362 g/mol. The van der Waals surface area contributed by atoms with Gasteiger partial charge >= 0.3 is 6.09 Å². The second-order valence-corrected chi connectivity index (χ2v) is 6.27. The first-order chi connectivity index (χ1) is 13.4. The number of H-pyrrole nitrogens is 1. The van der Waals surface area contributed by atoms with Crippen molar-refractivity contribution in [2.24, 2.45) is 0 Å². The zero-order valence-electron chi connectivity index (χ0n) is 15.0. The summed E-state index contributed by atoms with van der Waals surface area (Å²) in [6, 6.07) is 6.88. The smallest absolute Gasteiger partial charge is 0.416 e. The van der Waals surface area contributed by atoms with Gasteiger partial charge in [0.2, 0.25) is 0 Å². The molecular formula is C19H15N5O4. The van der Waals surface area contributed by atoms with E-state index >= 15 is 0 Å². The van der Waals surface area contributed by atoms with Crippen LogP contribution in [0.2, 0.25) is 0 Å². The van der Waals surface area contributed by atoms with Gasteiger partial charge in [0.05, 0.1) is 23.7 Å². The number of rotatable bonds is 3. The van der Waals surface area contributed by atoms with E-state index in [1.165, 1.54) is 19.5 Å². The molecule has 0 aliphatic heterocycles. The summed E-state index contributed by atoms with van der Waals surface area (Å²) >= 11 is 0. The van der Waals surface area contributed by atoms with Crippen LogP contribution in [-0.2, 0) is 0 Å². The molecule has 0 saturated heterocycles. The van der Waals surface area contributed by atoms with E-state index in [1.54, 1.807) is 25.1 Å². The SMILES string of the molecule is COc1cc(C)c2c(ccn2C(=O)O)c1C(O)c1nc2ncc(C#N)cc2[nH]1. The Bertz CT molecular complexity index is 1280. The summed E-state index contributed by atoms with van der Waals surface area (Å²) in [5, 5.41) is 30.0. The molecule has 0 aliphatic carbocycles. The van der Waals surface area contributed by atoms with Crippen LogP contribution in [0.5, 0.6) is 5.75 Å². The van der Waals surface area contributed by atoms with Crippen molar-refractivity contribution in [3.8, 4) is 11.8 Å². The highest BCUT2D eigenvalue weighted by Gasteiger charge is 2.25. The molecule has 28 heavy (non-hydrogen) atoms. The third kappa shape index (κ3) is 2.55. The van der Waals surface area contributed by atoms with Crippen LogP contribution >= 0.6 is 0 Å². The number of methoxy groups -OCH3 is 1. The maximum Gasteiger partial charge on any atom is 0.416 e. The van der Waals surface area contributed by atoms with Gasteiger partial charge in [-0.05, 0) is 30.7 Å². The number of aromatic nitrogens is 4. The minimum atomic E-state index is -1.22. The average Bonchev–Trinajstić information content (AvgIpc) is 3.31. The number of ether oxygens (including phenoxy) is 1. The summed E-state index contributed by atoms with van der Waals surface area (Å²) in [6.45, 7) is 1.77. The predicted molar refractivity (Wildman–Crippen MR) is 99.3 cm³/mol. The van der Waals surface area contributed by atoms with E-state index in [0.29, 0.717) is 44.5 Å². The Balaban J connectivity index is 1.94. The number of carbonyl (C=O) groups is 1. The number of nitriles is 1. The number of aliphatic hydroxyl groups excluding tert-OH is 1. The number of imidazole rings is 1. The zero-order valence-corrected chi connectivity index (χ0v) is 15.0. The van der Waals surface area contributed by atoms with E-state index in [0.717, 1.165) is 4.57 Å². The molecule has 9 nitrogen and oxygen atoms in total. The monoisotopic (exact) mass is 377 g/mol. The van der Waals surface area contributed by atoms with Gasteiger partial charge in [-0.2, -0.15) is 5.26 Å². The first-order valence-corrected chi connectivity index (χ1v) is 8.30. The fourth-order valence-corrected chi connectivity index (χ4v) is 3.38. The topological polar surface area (TPSA) is 137 Å². The fraction of sp³-hybridized carbons (Fsp3) is 0.158. The molecule has 3 aromatic heterocycles. The third-order valence-electron chi connectivity index (χ3n) is 4.61. The van der Waals surface area contributed by atoms with E-state index < -0.39 is 12.2 Å². The van der Waals surface area contributed by atoms with Crippen molar-refractivity contribution >= 4 is 28.2 Å². The fourth-order valence-electron chi connectivity index (χ4n) is 3.38. The Morgan fingerprint density at radius 3 is 2.89 bits per heavy atom. The Labute approximate surface area is 158 Å². The van der Waals surface area contributed by atoms with Gasteiger partial charge < -0.3 is 19.9 Å². The minimum absolute atomic E-state index is 0.212. The molecule has 3 heterocycles. The normalized spacial score (nSPS) is 12.2. The lowest BCUT2D eigenvalue weighted by atomic mass is 10.00. The first-order valence-electron chi connectivity index (χ1n) is 8.30. The van der Waals surface area contributed by atoms with E-state index in [9.17, 15) is 15.0 Å².